The molecular weight excluding hydrogens is 296 g/mol. The number of aryl methyl sites for hydroxylation is 1. The zero-order valence-electron chi connectivity index (χ0n) is 14.3. The first-order valence-corrected chi connectivity index (χ1v) is 8.25. The summed E-state index contributed by atoms with van der Waals surface area (Å²) in [4.78, 5) is 8.77. The molecular formula is C20H22N4. The lowest BCUT2D eigenvalue weighted by molar-refractivity contribution is 0.736. The number of hydrogen-bond donors (Lipinski definition) is 2. The van der Waals surface area contributed by atoms with Gasteiger partial charge >= 0.3 is 0 Å². The second-order valence-corrected chi connectivity index (χ2v) is 6.13. The number of rotatable bonds is 5. The third kappa shape index (κ3) is 3.27. The Balaban J connectivity index is 2.03. The molecule has 4 heteroatoms. The average molecular weight is 318 g/mol. The average Bonchev–Trinajstić information content (AvgIpc) is 2.60. The highest BCUT2D eigenvalue weighted by Crippen LogP contribution is 2.26. The summed E-state index contributed by atoms with van der Waals surface area (Å²) < 4.78 is 0. The minimum atomic E-state index is 0.239. The molecule has 1 aromatic carbocycles. The number of benzene rings is 1. The molecule has 1 atom stereocenters. The Hall–Kier alpha value is -2.75. The summed E-state index contributed by atoms with van der Waals surface area (Å²) in [5.74, 6) is 0.239. The van der Waals surface area contributed by atoms with Crippen molar-refractivity contribution in [1.29, 1.82) is 5.41 Å². The van der Waals surface area contributed by atoms with Crippen LogP contribution in [0.2, 0.25) is 0 Å². The van der Waals surface area contributed by atoms with Crippen LogP contribution < -0.4 is 5.32 Å². The Labute approximate surface area is 142 Å². The van der Waals surface area contributed by atoms with Crippen LogP contribution in [0.1, 0.15) is 31.5 Å². The first-order valence-electron chi connectivity index (χ1n) is 8.25. The molecule has 0 amide bonds. The monoisotopic (exact) mass is 318 g/mol. The Morgan fingerprint density at radius 2 is 2.04 bits per heavy atom. The topological polar surface area (TPSA) is 61.7 Å². The second-order valence-electron chi connectivity index (χ2n) is 6.13. The van der Waals surface area contributed by atoms with Gasteiger partial charge in [0.25, 0.3) is 0 Å². The number of anilines is 2. The highest BCUT2D eigenvalue weighted by Gasteiger charge is 2.14. The third-order valence-electron chi connectivity index (χ3n) is 4.28. The first-order chi connectivity index (χ1) is 11.6. The fourth-order valence-corrected chi connectivity index (χ4v) is 2.73. The van der Waals surface area contributed by atoms with Gasteiger partial charge in [-0.2, -0.15) is 0 Å². The minimum Gasteiger partial charge on any atom is -0.354 e. The van der Waals surface area contributed by atoms with Gasteiger partial charge in [-0.3, -0.25) is 9.97 Å². The van der Waals surface area contributed by atoms with Crippen LogP contribution in [0.15, 0.2) is 48.8 Å². The number of aromatic nitrogens is 2. The quantitative estimate of drug-likeness (QED) is 0.644. The molecule has 2 aromatic heterocycles. The molecule has 0 unspecified atom stereocenters. The van der Waals surface area contributed by atoms with E-state index in [9.17, 15) is 0 Å². The normalized spacial score (nSPS) is 12.1. The molecule has 0 aliphatic rings. The number of nitrogens with one attached hydrogen (secondary N) is 2. The zero-order chi connectivity index (χ0) is 17.1. The molecule has 0 aliphatic heterocycles. The summed E-state index contributed by atoms with van der Waals surface area (Å²) in [6.07, 6.45) is 4.50. The van der Waals surface area contributed by atoms with Gasteiger partial charge in [0.2, 0.25) is 0 Å². The van der Waals surface area contributed by atoms with E-state index in [4.69, 9.17) is 5.41 Å². The second kappa shape index (κ2) is 6.79. The molecule has 0 aliphatic carbocycles. The lowest BCUT2D eigenvalue weighted by atomic mass is 9.93. The molecule has 0 saturated carbocycles. The molecule has 0 spiro atoms. The summed E-state index contributed by atoms with van der Waals surface area (Å²) in [5, 5.41) is 12.9. The third-order valence-corrected chi connectivity index (χ3v) is 4.28. The van der Waals surface area contributed by atoms with Gasteiger partial charge in [0.05, 0.1) is 17.4 Å². The van der Waals surface area contributed by atoms with Crippen LogP contribution in [0.3, 0.4) is 0 Å². The molecule has 3 aromatic rings. The summed E-state index contributed by atoms with van der Waals surface area (Å²) in [6.45, 7) is 6.20. The smallest absolute Gasteiger partial charge is 0.0732 e. The van der Waals surface area contributed by atoms with Gasteiger partial charge in [0.1, 0.15) is 0 Å². The van der Waals surface area contributed by atoms with Crippen LogP contribution in [-0.4, -0.2) is 15.7 Å². The summed E-state index contributed by atoms with van der Waals surface area (Å²) >= 11 is 0. The lowest BCUT2D eigenvalue weighted by Crippen LogP contribution is -2.11. The SMILES string of the molecule is CC[C@H](C)C(=N)c1cc(C)nc2cc(Nc3cccnc3)ccc12. The molecule has 3 rings (SSSR count). The maximum absolute atomic E-state index is 8.50. The van der Waals surface area contributed by atoms with E-state index >= 15 is 0 Å². The van der Waals surface area contributed by atoms with Crippen molar-refractivity contribution >= 4 is 28.0 Å². The molecule has 2 N–H and O–H groups in total. The standard InChI is InChI=1S/C20H22N4/c1-4-13(2)20(21)18-10-14(3)23-19-11-15(7-8-17(18)19)24-16-6-5-9-22-12-16/h5-13,21,24H,4H2,1-3H3/t13-/m0/s1. The van der Waals surface area contributed by atoms with E-state index in [1.807, 2.05) is 43.3 Å². The number of hydrogen-bond acceptors (Lipinski definition) is 4. The van der Waals surface area contributed by atoms with E-state index in [1.165, 1.54) is 0 Å². The summed E-state index contributed by atoms with van der Waals surface area (Å²) in [7, 11) is 0. The maximum Gasteiger partial charge on any atom is 0.0732 e. The predicted octanol–water partition coefficient (Wildman–Crippen LogP) is 5.10. The Morgan fingerprint density at radius 3 is 2.75 bits per heavy atom. The number of nitrogens with zero attached hydrogens (tertiary/aromatic N) is 2. The first kappa shape index (κ1) is 16.1. The van der Waals surface area contributed by atoms with Gasteiger partial charge in [-0.25, -0.2) is 0 Å². The number of fused-ring (bicyclic) bond motifs is 1. The van der Waals surface area contributed by atoms with E-state index in [0.29, 0.717) is 5.71 Å². The van der Waals surface area contributed by atoms with Crippen molar-refractivity contribution in [2.75, 3.05) is 5.32 Å². The zero-order valence-corrected chi connectivity index (χ0v) is 14.3. The van der Waals surface area contributed by atoms with Gasteiger partial charge in [0.15, 0.2) is 0 Å². The molecule has 0 saturated heterocycles. The van der Waals surface area contributed by atoms with E-state index in [0.717, 1.165) is 40.0 Å². The van der Waals surface area contributed by atoms with Crippen molar-refractivity contribution in [2.45, 2.75) is 27.2 Å². The molecule has 2 heterocycles. The fourth-order valence-electron chi connectivity index (χ4n) is 2.73. The van der Waals surface area contributed by atoms with Gasteiger partial charge in [0, 0.05) is 34.2 Å². The highest BCUT2D eigenvalue weighted by atomic mass is 14.9. The molecule has 4 nitrogen and oxygen atoms in total. The van der Waals surface area contributed by atoms with Crippen LogP contribution in [0.4, 0.5) is 11.4 Å². The molecule has 24 heavy (non-hydrogen) atoms. The van der Waals surface area contributed by atoms with Crippen molar-refractivity contribution in [3.63, 3.8) is 0 Å². The van der Waals surface area contributed by atoms with Crippen LogP contribution >= 0.6 is 0 Å². The van der Waals surface area contributed by atoms with Crippen LogP contribution in [0.25, 0.3) is 10.9 Å². The van der Waals surface area contributed by atoms with Crippen molar-refractivity contribution in [3.8, 4) is 0 Å². The Morgan fingerprint density at radius 1 is 1.21 bits per heavy atom. The van der Waals surface area contributed by atoms with E-state index in [-0.39, 0.29) is 5.92 Å². The predicted molar refractivity (Wildman–Crippen MR) is 100 cm³/mol. The largest absolute Gasteiger partial charge is 0.354 e. The minimum absolute atomic E-state index is 0.239. The summed E-state index contributed by atoms with van der Waals surface area (Å²) in [5.41, 5.74) is 5.42. The van der Waals surface area contributed by atoms with Gasteiger partial charge in [-0.1, -0.05) is 19.9 Å². The van der Waals surface area contributed by atoms with Gasteiger partial charge in [-0.05, 0) is 49.6 Å². The van der Waals surface area contributed by atoms with Crippen molar-refractivity contribution in [3.05, 3.63) is 60.0 Å². The van der Waals surface area contributed by atoms with E-state index in [1.54, 1.807) is 12.4 Å². The number of pyridine rings is 2. The van der Waals surface area contributed by atoms with Crippen molar-refractivity contribution in [1.82, 2.24) is 9.97 Å². The van der Waals surface area contributed by atoms with Gasteiger partial charge in [-0.15, -0.1) is 0 Å². The van der Waals surface area contributed by atoms with Crippen molar-refractivity contribution in [2.24, 2.45) is 5.92 Å². The maximum atomic E-state index is 8.50. The molecule has 0 radical (unpaired) electrons. The van der Waals surface area contributed by atoms with Crippen molar-refractivity contribution < 1.29 is 0 Å². The van der Waals surface area contributed by atoms with E-state index < -0.39 is 0 Å². The molecule has 0 fully saturated rings. The molecule has 0 bridgehead atoms. The van der Waals surface area contributed by atoms with Gasteiger partial charge < -0.3 is 10.7 Å². The lowest BCUT2D eigenvalue weighted by Gasteiger charge is -2.15. The van der Waals surface area contributed by atoms with E-state index in [2.05, 4.69) is 29.1 Å². The summed E-state index contributed by atoms with van der Waals surface area (Å²) in [6, 6.07) is 12.0. The fraction of sp³-hybridized carbons (Fsp3) is 0.250. The highest BCUT2D eigenvalue weighted by molar-refractivity contribution is 6.10. The Kier molecular flexibility index (Phi) is 4.56. The van der Waals surface area contributed by atoms with Crippen LogP contribution in [-0.2, 0) is 0 Å². The molecule has 122 valence electrons. The van der Waals surface area contributed by atoms with Crippen LogP contribution in [0, 0.1) is 18.3 Å². The Bertz CT molecular complexity index is 871. The van der Waals surface area contributed by atoms with Crippen LogP contribution in [0.5, 0.6) is 0 Å².